The van der Waals surface area contributed by atoms with Crippen LogP contribution in [0.1, 0.15) is 50.0 Å². The highest BCUT2D eigenvalue weighted by atomic mass is 16.3. The summed E-state index contributed by atoms with van der Waals surface area (Å²) in [5.41, 5.74) is -0.568. The average molecular weight is 248 g/mol. The third-order valence-electron chi connectivity index (χ3n) is 3.56. The van der Waals surface area contributed by atoms with Crippen molar-refractivity contribution in [3.05, 3.63) is 23.7 Å². The molecule has 1 aliphatic rings. The quantitative estimate of drug-likeness (QED) is 0.802. The van der Waals surface area contributed by atoms with Crippen molar-refractivity contribution in [1.29, 1.82) is 5.26 Å². The Hall–Kier alpha value is -1.31. The number of furan rings is 1. The van der Waals surface area contributed by atoms with Crippen molar-refractivity contribution in [3.63, 3.8) is 0 Å². The molecular formula is C14H20N2O2. The molecule has 0 unspecified atom stereocenters. The van der Waals surface area contributed by atoms with Gasteiger partial charge in [0.25, 0.3) is 0 Å². The van der Waals surface area contributed by atoms with E-state index in [1.807, 2.05) is 6.07 Å². The van der Waals surface area contributed by atoms with Gasteiger partial charge in [0.1, 0.15) is 11.8 Å². The fraction of sp³-hybridized carbons (Fsp3) is 0.643. The largest absolute Gasteiger partial charge is 0.449 e. The Kier molecular flexibility index (Phi) is 4.40. The summed E-state index contributed by atoms with van der Waals surface area (Å²) in [6.07, 6.45) is 6.43. The number of hydrogen-bond acceptors (Lipinski definition) is 4. The van der Waals surface area contributed by atoms with Crippen molar-refractivity contribution in [2.45, 2.75) is 50.7 Å². The third-order valence-corrected chi connectivity index (χ3v) is 3.56. The van der Waals surface area contributed by atoms with Crippen molar-refractivity contribution in [3.8, 4) is 6.07 Å². The van der Waals surface area contributed by atoms with Crippen LogP contribution in [0.15, 0.2) is 16.5 Å². The summed E-state index contributed by atoms with van der Waals surface area (Å²) in [4.78, 5) is 0. The van der Waals surface area contributed by atoms with Gasteiger partial charge in [-0.2, -0.15) is 5.26 Å². The summed E-state index contributed by atoms with van der Waals surface area (Å²) >= 11 is 0. The van der Waals surface area contributed by atoms with Crippen LogP contribution in [0.3, 0.4) is 0 Å². The minimum atomic E-state index is -0.568. The molecule has 18 heavy (non-hydrogen) atoms. The van der Waals surface area contributed by atoms with E-state index in [0.29, 0.717) is 18.8 Å². The lowest BCUT2D eigenvalue weighted by Crippen LogP contribution is -2.39. The van der Waals surface area contributed by atoms with Crippen molar-refractivity contribution >= 4 is 0 Å². The molecule has 1 fully saturated rings. The number of hydrogen-bond donors (Lipinski definition) is 2. The highest BCUT2D eigenvalue weighted by molar-refractivity contribution is 5.18. The van der Waals surface area contributed by atoms with Gasteiger partial charge in [0.2, 0.25) is 5.76 Å². The van der Waals surface area contributed by atoms with Crippen molar-refractivity contribution in [2.75, 3.05) is 6.54 Å². The summed E-state index contributed by atoms with van der Waals surface area (Å²) in [6.45, 7) is 1.15. The number of rotatable bonds is 4. The standard InChI is InChI=1S/C14H20N2O2/c15-9-12-5-6-13(18-12)10-16-11-14(17)7-3-1-2-4-8-14/h5-6,16-17H,1-4,7-8,10-11H2. The van der Waals surface area contributed by atoms with E-state index in [1.54, 1.807) is 12.1 Å². The van der Waals surface area contributed by atoms with Crippen LogP contribution in [0.5, 0.6) is 0 Å². The van der Waals surface area contributed by atoms with Crippen LogP contribution < -0.4 is 5.32 Å². The summed E-state index contributed by atoms with van der Waals surface area (Å²) in [6, 6.07) is 5.42. The van der Waals surface area contributed by atoms with Crippen LogP contribution >= 0.6 is 0 Å². The predicted molar refractivity (Wildman–Crippen MR) is 67.8 cm³/mol. The minimum Gasteiger partial charge on any atom is -0.449 e. The first-order valence-electron chi connectivity index (χ1n) is 6.64. The number of nitrogens with zero attached hydrogens (tertiary/aromatic N) is 1. The molecule has 1 saturated carbocycles. The molecule has 0 aliphatic heterocycles. The molecule has 98 valence electrons. The first-order chi connectivity index (χ1) is 8.72. The molecule has 1 heterocycles. The molecule has 0 atom stereocenters. The lowest BCUT2D eigenvalue weighted by Gasteiger charge is -2.26. The molecule has 0 spiro atoms. The van der Waals surface area contributed by atoms with Gasteiger partial charge in [0.05, 0.1) is 12.1 Å². The van der Waals surface area contributed by atoms with E-state index >= 15 is 0 Å². The molecule has 0 amide bonds. The highest BCUT2D eigenvalue weighted by Crippen LogP contribution is 2.26. The molecular weight excluding hydrogens is 228 g/mol. The zero-order chi connectivity index (χ0) is 12.8. The van der Waals surface area contributed by atoms with Crippen LogP contribution in [-0.4, -0.2) is 17.3 Å². The molecule has 0 aromatic carbocycles. The molecule has 0 bridgehead atoms. The Labute approximate surface area is 108 Å². The maximum Gasteiger partial charge on any atom is 0.203 e. The predicted octanol–water partition coefficient (Wildman–Crippen LogP) is 2.33. The smallest absolute Gasteiger partial charge is 0.203 e. The van der Waals surface area contributed by atoms with E-state index in [4.69, 9.17) is 9.68 Å². The van der Waals surface area contributed by atoms with Gasteiger partial charge in [-0.15, -0.1) is 0 Å². The molecule has 2 N–H and O–H groups in total. The fourth-order valence-electron chi connectivity index (χ4n) is 2.51. The van der Waals surface area contributed by atoms with Crippen molar-refractivity contribution in [2.24, 2.45) is 0 Å². The van der Waals surface area contributed by atoms with E-state index in [1.165, 1.54) is 12.8 Å². The molecule has 1 aromatic rings. The Morgan fingerprint density at radius 3 is 2.61 bits per heavy atom. The van der Waals surface area contributed by atoms with E-state index < -0.39 is 5.60 Å². The lowest BCUT2D eigenvalue weighted by atomic mass is 9.94. The Morgan fingerprint density at radius 1 is 1.28 bits per heavy atom. The summed E-state index contributed by atoms with van der Waals surface area (Å²) < 4.78 is 5.27. The van der Waals surface area contributed by atoms with Gasteiger partial charge in [-0.25, -0.2) is 0 Å². The van der Waals surface area contributed by atoms with Crippen LogP contribution in [-0.2, 0) is 6.54 Å². The van der Waals surface area contributed by atoms with Gasteiger partial charge in [-0.05, 0) is 25.0 Å². The van der Waals surface area contributed by atoms with Gasteiger partial charge in [-0.1, -0.05) is 25.7 Å². The van der Waals surface area contributed by atoms with Gasteiger partial charge in [-0.3, -0.25) is 0 Å². The summed E-state index contributed by atoms with van der Waals surface area (Å²) in [5, 5.41) is 22.3. The second-order valence-corrected chi connectivity index (χ2v) is 5.12. The molecule has 2 rings (SSSR count). The maximum atomic E-state index is 10.4. The lowest BCUT2D eigenvalue weighted by molar-refractivity contribution is 0.0247. The SMILES string of the molecule is N#Cc1ccc(CNCC2(O)CCCCCC2)o1. The van der Waals surface area contributed by atoms with Crippen LogP contribution in [0.2, 0.25) is 0 Å². The van der Waals surface area contributed by atoms with Crippen molar-refractivity contribution in [1.82, 2.24) is 5.32 Å². The molecule has 1 aromatic heterocycles. The minimum absolute atomic E-state index is 0.333. The van der Waals surface area contributed by atoms with E-state index in [0.717, 1.165) is 31.4 Å². The molecule has 0 radical (unpaired) electrons. The zero-order valence-electron chi connectivity index (χ0n) is 10.6. The van der Waals surface area contributed by atoms with Gasteiger partial charge in [0, 0.05) is 6.54 Å². The number of nitrogens with one attached hydrogen (secondary N) is 1. The van der Waals surface area contributed by atoms with E-state index in [9.17, 15) is 5.11 Å². The topological polar surface area (TPSA) is 69.2 Å². The summed E-state index contributed by atoms with van der Waals surface area (Å²) in [5.74, 6) is 1.07. The van der Waals surface area contributed by atoms with E-state index in [-0.39, 0.29) is 0 Å². The average Bonchev–Trinajstić information content (AvgIpc) is 2.71. The maximum absolute atomic E-state index is 10.4. The first kappa shape index (κ1) is 13.1. The van der Waals surface area contributed by atoms with E-state index in [2.05, 4.69) is 5.32 Å². The van der Waals surface area contributed by atoms with Crippen LogP contribution in [0, 0.1) is 11.3 Å². The zero-order valence-corrected chi connectivity index (χ0v) is 10.6. The molecule has 0 saturated heterocycles. The Bertz CT molecular complexity index is 412. The fourth-order valence-corrected chi connectivity index (χ4v) is 2.51. The van der Waals surface area contributed by atoms with Gasteiger partial charge < -0.3 is 14.8 Å². The molecule has 4 heteroatoms. The second-order valence-electron chi connectivity index (χ2n) is 5.12. The highest BCUT2D eigenvalue weighted by Gasteiger charge is 2.27. The van der Waals surface area contributed by atoms with Crippen LogP contribution in [0.25, 0.3) is 0 Å². The van der Waals surface area contributed by atoms with Crippen LogP contribution in [0.4, 0.5) is 0 Å². The van der Waals surface area contributed by atoms with Crippen molar-refractivity contribution < 1.29 is 9.52 Å². The van der Waals surface area contributed by atoms with Gasteiger partial charge >= 0.3 is 0 Å². The first-order valence-corrected chi connectivity index (χ1v) is 6.64. The summed E-state index contributed by atoms with van der Waals surface area (Å²) in [7, 11) is 0. The number of nitriles is 1. The Balaban J connectivity index is 1.78. The second kappa shape index (κ2) is 6.03. The number of aliphatic hydroxyl groups is 1. The molecule has 1 aliphatic carbocycles. The third kappa shape index (κ3) is 3.59. The normalized spacial score (nSPS) is 19.1. The monoisotopic (exact) mass is 248 g/mol. The Morgan fingerprint density at radius 2 is 2.00 bits per heavy atom. The molecule has 4 nitrogen and oxygen atoms in total. The van der Waals surface area contributed by atoms with Gasteiger partial charge in [0.15, 0.2) is 0 Å².